The second-order valence-electron chi connectivity index (χ2n) is 12.1. The molecule has 0 fully saturated rings. The highest BCUT2D eigenvalue weighted by atomic mass is 16.6. The number of ether oxygens (including phenoxy) is 2. The molecule has 1 unspecified atom stereocenters. The van der Waals surface area contributed by atoms with Crippen LogP contribution in [-0.4, -0.2) is 28.0 Å². The first-order valence-electron chi connectivity index (χ1n) is 13.9. The zero-order chi connectivity index (χ0) is 29.3. The van der Waals surface area contributed by atoms with Crippen molar-refractivity contribution in [2.45, 2.75) is 84.7 Å². The van der Waals surface area contributed by atoms with Crippen LogP contribution in [0.5, 0.6) is 0 Å². The van der Waals surface area contributed by atoms with E-state index in [9.17, 15) is 9.59 Å². The van der Waals surface area contributed by atoms with Crippen LogP contribution in [0.3, 0.4) is 0 Å². The van der Waals surface area contributed by atoms with E-state index >= 15 is 0 Å². The van der Waals surface area contributed by atoms with E-state index in [-0.39, 0.29) is 30.4 Å². The summed E-state index contributed by atoms with van der Waals surface area (Å²) in [6.45, 7) is 14.0. The fourth-order valence-corrected chi connectivity index (χ4v) is 4.53. The van der Waals surface area contributed by atoms with Crippen molar-refractivity contribution in [3.05, 3.63) is 113 Å². The summed E-state index contributed by atoms with van der Waals surface area (Å²) in [5.41, 5.74) is 3.08. The van der Waals surface area contributed by atoms with Gasteiger partial charge in [0.15, 0.2) is 0 Å². The van der Waals surface area contributed by atoms with E-state index < -0.39 is 11.2 Å². The molecule has 2 atom stereocenters. The first-order chi connectivity index (χ1) is 18.8. The third kappa shape index (κ3) is 10.1. The summed E-state index contributed by atoms with van der Waals surface area (Å²) in [4.78, 5) is 27.7. The standard InChI is InChI=1S/C35H43NO4/c1-26(29-16-12-9-13-17-29)36(25-28-14-10-8-11-15-28)31(24-33(38)40-35(5,6)7)30-21-18-27(19-22-30)20-23-32(37)39-34(2,3)4/h8-23,26,31H,24-25H2,1-7H3/b23-20+/t26-,31?/m0/s1. The molecule has 0 spiro atoms. The van der Waals surface area contributed by atoms with Crippen LogP contribution in [0.25, 0.3) is 6.08 Å². The van der Waals surface area contributed by atoms with Crippen molar-refractivity contribution in [2.75, 3.05) is 0 Å². The highest BCUT2D eigenvalue weighted by molar-refractivity contribution is 5.87. The van der Waals surface area contributed by atoms with Crippen molar-refractivity contribution >= 4 is 18.0 Å². The van der Waals surface area contributed by atoms with Crippen LogP contribution in [-0.2, 0) is 25.6 Å². The summed E-state index contributed by atoms with van der Waals surface area (Å²) in [6, 6.07) is 28.4. The van der Waals surface area contributed by atoms with Gasteiger partial charge in [-0.15, -0.1) is 0 Å². The van der Waals surface area contributed by atoms with Crippen LogP contribution in [0.15, 0.2) is 91.0 Å². The molecule has 0 amide bonds. The van der Waals surface area contributed by atoms with Crippen LogP contribution in [0.4, 0.5) is 0 Å². The lowest BCUT2D eigenvalue weighted by atomic mass is 9.95. The van der Waals surface area contributed by atoms with Gasteiger partial charge < -0.3 is 9.47 Å². The molecule has 0 aromatic heterocycles. The second kappa shape index (κ2) is 13.6. The monoisotopic (exact) mass is 541 g/mol. The van der Waals surface area contributed by atoms with Gasteiger partial charge in [-0.2, -0.15) is 0 Å². The van der Waals surface area contributed by atoms with Crippen molar-refractivity contribution in [1.29, 1.82) is 0 Å². The molecule has 3 aromatic carbocycles. The summed E-state index contributed by atoms with van der Waals surface area (Å²) in [6.07, 6.45) is 3.39. The Morgan fingerprint density at radius 3 is 1.85 bits per heavy atom. The van der Waals surface area contributed by atoms with E-state index in [2.05, 4.69) is 36.1 Å². The molecule has 40 heavy (non-hydrogen) atoms. The molecule has 0 saturated heterocycles. The van der Waals surface area contributed by atoms with E-state index in [0.717, 1.165) is 16.7 Å². The van der Waals surface area contributed by atoms with Gasteiger partial charge in [0, 0.05) is 24.7 Å². The summed E-state index contributed by atoms with van der Waals surface area (Å²) >= 11 is 0. The number of nitrogens with zero attached hydrogens (tertiary/aromatic N) is 1. The zero-order valence-electron chi connectivity index (χ0n) is 24.9. The normalized spacial score (nSPS) is 13.7. The average molecular weight is 542 g/mol. The van der Waals surface area contributed by atoms with Gasteiger partial charge in [-0.25, -0.2) is 4.79 Å². The Labute approximate surface area is 239 Å². The quantitative estimate of drug-likeness (QED) is 0.192. The fourth-order valence-electron chi connectivity index (χ4n) is 4.53. The summed E-state index contributed by atoms with van der Waals surface area (Å²) in [5.74, 6) is -0.630. The maximum absolute atomic E-state index is 13.2. The molecule has 0 saturated carbocycles. The highest BCUT2D eigenvalue weighted by Gasteiger charge is 2.30. The summed E-state index contributed by atoms with van der Waals surface area (Å²) in [7, 11) is 0. The Hall–Kier alpha value is -3.70. The predicted molar refractivity (Wildman–Crippen MR) is 161 cm³/mol. The van der Waals surface area contributed by atoms with E-state index in [4.69, 9.17) is 9.47 Å². The summed E-state index contributed by atoms with van der Waals surface area (Å²) < 4.78 is 11.2. The molecule has 0 N–H and O–H groups in total. The van der Waals surface area contributed by atoms with Gasteiger partial charge in [0.2, 0.25) is 0 Å². The summed E-state index contributed by atoms with van der Waals surface area (Å²) in [5, 5.41) is 0. The van der Waals surface area contributed by atoms with Gasteiger partial charge in [-0.1, -0.05) is 84.9 Å². The minimum absolute atomic E-state index is 0.0283. The minimum atomic E-state index is -0.576. The van der Waals surface area contributed by atoms with Crippen LogP contribution >= 0.6 is 0 Å². The Balaban J connectivity index is 1.98. The third-order valence-corrected chi connectivity index (χ3v) is 6.31. The lowest BCUT2D eigenvalue weighted by molar-refractivity contribution is -0.156. The Kier molecular flexibility index (Phi) is 10.5. The topological polar surface area (TPSA) is 55.8 Å². The van der Waals surface area contributed by atoms with Gasteiger partial charge >= 0.3 is 11.9 Å². The van der Waals surface area contributed by atoms with Crippen LogP contribution in [0.2, 0.25) is 0 Å². The van der Waals surface area contributed by atoms with Crippen molar-refractivity contribution in [1.82, 2.24) is 4.90 Å². The Morgan fingerprint density at radius 1 is 0.750 bits per heavy atom. The largest absolute Gasteiger partial charge is 0.460 e. The molecule has 3 rings (SSSR count). The van der Waals surface area contributed by atoms with Gasteiger partial charge in [0.1, 0.15) is 11.2 Å². The number of rotatable bonds is 10. The number of hydrogen-bond acceptors (Lipinski definition) is 5. The smallest absolute Gasteiger partial charge is 0.331 e. The van der Waals surface area contributed by atoms with Gasteiger partial charge in [-0.05, 0) is 76.8 Å². The zero-order valence-corrected chi connectivity index (χ0v) is 24.9. The molecule has 0 aliphatic rings. The number of benzene rings is 3. The molecule has 0 heterocycles. The predicted octanol–water partition coefficient (Wildman–Crippen LogP) is 8.08. The van der Waals surface area contributed by atoms with Gasteiger partial charge in [-0.3, -0.25) is 9.69 Å². The molecule has 5 heteroatoms. The van der Waals surface area contributed by atoms with Crippen molar-refractivity contribution in [3.8, 4) is 0 Å². The van der Waals surface area contributed by atoms with Crippen LogP contribution in [0.1, 0.15) is 89.2 Å². The molecular formula is C35H43NO4. The number of carbonyl (C=O) groups is 2. The van der Waals surface area contributed by atoms with E-state index in [1.165, 1.54) is 11.6 Å². The van der Waals surface area contributed by atoms with Crippen LogP contribution < -0.4 is 0 Å². The molecule has 212 valence electrons. The molecule has 3 aromatic rings. The Bertz CT molecular complexity index is 1250. The molecule has 0 radical (unpaired) electrons. The van der Waals surface area contributed by atoms with Crippen molar-refractivity contribution in [3.63, 3.8) is 0 Å². The highest BCUT2D eigenvalue weighted by Crippen LogP contribution is 2.35. The average Bonchev–Trinajstić information content (AvgIpc) is 2.88. The van der Waals surface area contributed by atoms with E-state index in [0.29, 0.717) is 6.54 Å². The second-order valence-corrected chi connectivity index (χ2v) is 12.1. The van der Waals surface area contributed by atoms with Gasteiger partial charge in [0.05, 0.1) is 6.42 Å². The SMILES string of the molecule is C[C@@H](c1ccccc1)N(Cc1ccccc1)C(CC(=O)OC(C)(C)C)c1ccc(/C=C/C(=O)OC(C)(C)C)cc1. The van der Waals surface area contributed by atoms with E-state index in [1.807, 2.05) is 102 Å². The maximum atomic E-state index is 13.2. The lowest BCUT2D eigenvalue weighted by Crippen LogP contribution is -2.34. The fraction of sp³-hybridized carbons (Fsp3) is 0.371. The van der Waals surface area contributed by atoms with Crippen molar-refractivity contribution in [2.24, 2.45) is 0 Å². The van der Waals surface area contributed by atoms with Gasteiger partial charge in [0.25, 0.3) is 0 Å². The van der Waals surface area contributed by atoms with Crippen LogP contribution in [0, 0.1) is 0 Å². The molecule has 0 bridgehead atoms. The van der Waals surface area contributed by atoms with Crippen molar-refractivity contribution < 1.29 is 19.1 Å². The first-order valence-corrected chi connectivity index (χ1v) is 13.9. The lowest BCUT2D eigenvalue weighted by Gasteiger charge is -2.37. The first kappa shape index (κ1) is 30.8. The third-order valence-electron chi connectivity index (χ3n) is 6.31. The van der Waals surface area contributed by atoms with E-state index in [1.54, 1.807) is 6.08 Å². The number of esters is 2. The number of hydrogen-bond donors (Lipinski definition) is 0. The molecular weight excluding hydrogens is 498 g/mol. The number of carbonyl (C=O) groups excluding carboxylic acids is 2. The maximum Gasteiger partial charge on any atom is 0.331 e. The molecule has 5 nitrogen and oxygen atoms in total. The Morgan fingerprint density at radius 2 is 1.30 bits per heavy atom. The molecule has 0 aliphatic carbocycles. The minimum Gasteiger partial charge on any atom is -0.460 e. The molecule has 0 aliphatic heterocycles.